The zero-order valence-corrected chi connectivity index (χ0v) is 16.9. The maximum absolute atomic E-state index is 13.5. The van der Waals surface area contributed by atoms with Gasteiger partial charge in [0.15, 0.2) is 0 Å². The molecular formula is C21H22ClF3N2S. The molecule has 2 heterocycles. The van der Waals surface area contributed by atoms with E-state index in [1.54, 1.807) is 18.2 Å². The van der Waals surface area contributed by atoms with Crippen molar-refractivity contribution in [2.45, 2.75) is 42.8 Å². The Morgan fingerprint density at radius 1 is 1.25 bits per heavy atom. The summed E-state index contributed by atoms with van der Waals surface area (Å²) < 4.78 is 40.4. The van der Waals surface area contributed by atoms with Crippen LogP contribution >= 0.6 is 22.9 Å². The second-order valence-electron chi connectivity index (χ2n) is 7.97. The van der Waals surface area contributed by atoms with E-state index in [9.17, 15) is 13.2 Å². The molecule has 4 rings (SSSR count). The van der Waals surface area contributed by atoms with Crippen molar-refractivity contribution in [2.75, 3.05) is 18.0 Å². The van der Waals surface area contributed by atoms with Gasteiger partial charge in [0, 0.05) is 18.0 Å². The maximum Gasteiger partial charge on any atom is 0.398 e. The van der Waals surface area contributed by atoms with Gasteiger partial charge >= 0.3 is 6.18 Å². The Morgan fingerprint density at radius 2 is 1.96 bits per heavy atom. The first-order valence-electron chi connectivity index (χ1n) is 9.29. The van der Waals surface area contributed by atoms with Crippen LogP contribution in [-0.2, 0) is 5.41 Å². The number of benzene rings is 1. The summed E-state index contributed by atoms with van der Waals surface area (Å²) in [6.45, 7) is 5.18. The van der Waals surface area contributed by atoms with Crippen molar-refractivity contribution < 1.29 is 13.2 Å². The SMILES string of the molecule is C=CCCC1(N)CN(c2sc(-c3cccc(C4(C(F)(F)F)CC4)c3)cc2Cl)C1. The summed E-state index contributed by atoms with van der Waals surface area (Å²) in [5.74, 6) is 0. The van der Waals surface area contributed by atoms with E-state index < -0.39 is 11.6 Å². The fourth-order valence-corrected chi connectivity index (χ4v) is 5.41. The number of hydrogen-bond donors (Lipinski definition) is 1. The third-order valence-electron chi connectivity index (χ3n) is 5.81. The average Bonchev–Trinajstić information content (AvgIpc) is 3.36. The van der Waals surface area contributed by atoms with E-state index in [-0.39, 0.29) is 18.4 Å². The first-order valence-corrected chi connectivity index (χ1v) is 10.5. The number of hydrogen-bond acceptors (Lipinski definition) is 3. The molecule has 2 aromatic rings. The second-order valence-corrected chi connectivity index (χ2v) is 9.41. The molecule has 0 unspecified atom stereocenters. The highest BCUT2D eigenvalue weighted by atomic mass is 35.5. The van der Waals surface area contributed by atoms with Gasteiger partial charge in [0.25, 0.3) is 0 Å². The lowest BCUT2D eigenvalue weighted by Crippen LogP contribution is -2.67. The number of nitrogens with zero attached hydrogens (tertiary/aromatic N) is 1. The van der Waals surface area contributed by atoms with Crippen LogP contribution in [-0.4, -0.2) is 24.8 Å². The number of thiophene rings is 1. The standard InChI is InChI=1S/C21H22ClF3N2S/c1-2-3-7-19(26)12-27(13-19)18-16(22)11-17(28-18)14-5-4-6-15(10-14)20(8-9-20)21(23,24)25/h2,4-6,10-11H,1,3,7-9,12-13,26H2. The highest BCUT2D eigenvalue weighted by molar-refractivity contribution is 7.20. The molecule has 1 aliphatic heterocycles. The van der Waals surface area contributed by atoms with Gasteiger partial charge in [-0.15, -0.1) is 17.9 Å². The molecule has 0 atom stereocenters. The second kappa shape index (κ2) is 6.78. The van der Waals surface area contributed by atoms with E-state index in [4.69, 9.17) is 17.3 Å². The lowest BCUT2D eigenvalue weighted by molar-refractivity contribution is -0.160. The molecular weight excluding hydrogens is 405 g/mol. The molecule has 1 saturated heterocycles. The number of alkyl halides is 3. The van der Waals surface area contributed by atoms with Gasteiger partial charge < -0.3 is 10.6 Å². The van der Waals surface area contributed by atoms with Crippen molar-refractivity contribution in [3.63, 3.8) is 0 Å². The molecule has 7 heteroatoms. The van der Waals surface area contributed by atoms with Crippen LogP contribution < -0.4 is 10.6 Å². The fraction of sp³-hybridized carbons (Fsp3) is 0.429. The molecule has 0 amide bonds. The van der Waals surface area contributed by atoms with Gasteiger partial charge in [0.05, 0.1) is 16.0 Å². The molecule has 1 aromatic heterocycles. The van der Waals surface area contributed by atoms with Gasteiger partial charge in [-0.1, -0.05) is 35.9 Å². The summed E-state index contributed by atoms with van der Waals surface area (Å²) in [5.41, 5.74) is 5.58. The third kappa shape index (κ3) is 3.36. The van der Waals surface area contributed by atoms with Crippen molar-refractivity contribution in [1.29, 1.82) is 0 Å². The summed E-state index contributed by atoms with van der Waals surface area (Å²) in [5, 5.41) is 1.55. The normalized spacial score (nSPS) is 20.0. The molecule has 0 spiro atoms. The van der Waals surface area contributed by atoms with Gasteiger partial charge in [0.2, 0.25) is 0 Å². The van der Waals surface area contributed by atoms with Gasteiger partial charge in [-0.2, -0.15) is 13.2 Å². The third-order valence-corrected chi connectivity index (χ3v) is 7.45. The molecule has 2 aliphatic rings. The van der Waals surface area contributed by atoms with Gasteiger partial charge in [-0.3, -0.25) is 0 Å². The number of allylic oxidation sites excluding steroid dienone is 1. The van der Waals surface area contributed by atoms with Crippen LogP contribution in [0.4, 0.5) is 18.2 Å². The van der Waals surface area contributed by atoms with Crippen LogP contribution in [0.5, 0.6) is 0 Å². The molecule has 2 nitrogen and oxygen atoms in total. The summed E-state index contributed by atoms with van der Waals surface area (Å²) in [7, 11) is 0. The Morgan fingerprint density at radius 3 is 2.57 bits per heavy atom. The number of anilines is 1. The monoisotopic (exact) mass is 426 g/mol. The van der Waals surface area contributed by atoms with Crippen LogP contribution in [0.15, 0.2) is 43.0 Å². The molecule has 0 bridgehead atoms. The molecule has 1 saturated carbocycles. The summed E-state index contributed by atoms with van der Waals surface area (Å²) in [6, 6.07) is 8.63. The van der Waals surface area contributed by atoms with Crippen LogP contribution in [0.2, 0.25) is 5.02 Å². The topological polar surface area (TPSA) is 29.3 Å². The van der Waals surface area contributed by atoms with Crippen LogP contribution in [0.25, 0.3) is 10.4 Å². The molecule has 2 N–H and O–H groups in total. The first-order chi connectivity index (χ1) is 13.2. The predicted octanol–water partition coefficient (Wildman–Crippen LogP) is 6.15. The number of rotatable bonds is 6. The average molecular weight is 427 g/mol. The summed E-state index contributed by atoms with van der Waals surface area (Å²) in [4.78, 5) is 3.02. The Labute approximate surface area is 171 Å². The molecule has 1 aliphatic carbocycles. The molecule has 1 aromatic carbocycles. The van der Waals surface area contributed by atoms with Crippen molar-refractivity contribution in [3.8, 4) is 10.4 Å². The zero-order valence-electron chi connectivity index (χ0n) is 15.4. The van der Waals surface area contributed by atoms with E-state index in [0.29, 0.717) is 10.6 Å². The molecule has 0 radical (unpaired) electrons. The van der Waals surface area contributed by atoms with E-state index in [2.05, 4.69) is 11.5 Å². The first kappa shape index (κ1) is 19.8. The zero-order chi connectivity index (χ0) is 20.2. The summed E-state index contributed by atoms with van der Waals surface area (Å²) in [6.07, 6.45) is -0.266. The lowest BCUT2D eigenvalue weighted by atomic mass is 9.86. The Kier molecular flexibility index (Phi) is 4.80. The fourth-order valence-electron chi connectivity index (χ4n) is 3.95. The number of nitrogens with two attached hydrogens (primary N) is 1. The van der Waals surface area contributed by atoms with Gasteiger partial charge in [-0.05, 0) is 48.9 Å². The van der Waals surface area contributed by atoms with Crippen molar-refractivity contribution in [1.82, 2.24) is 0 Å². The van der Waals surface area contributed by atoms with Gasteiger partial charge in [-0.25, -0.2) is 0 Å². The maximum atomic E-state index is 13.5. The smallest absolute Gasteiger partial charge is 0.358 e. The quantitative estimate of drug-likeness (QED) is 0.561. The van der Waals surface area contributed by atoms with Crippen molar-refractivity contribution in [3.05, 3.63) is 53.6 Å². The Balaban J connectivity index is 1.55. The highest BCUT2D eigenvalue weighted by Gasteiger charge is 2.64. The molecule has 2 fully saturated rings. The minimum Gasteiger partial charge on any atom is -0.358 e. The Bertz CT molecular complexity index is 895. The van der Waals surface area contributed by atoms with Crippen molar-refractivity contribution in [2.24, 2.45) is 5.73 Å². The van der Waals surface area contributed by atoms with Gasteiger partial charge in [0.1, 0.15) is 5.00 Å². The summed E-state index contributed by atoms with van der Waals surface area (Å²) >= 11 is 7.95. The number of halogens is 4. The Hall–Kier alpha value is -1.50. The van der Waals surface area contributed by atoms with E-state index in [1.165, 1.54) is 11.3 Å². The van der Waals surface area contributed by atoms with Crippen LogP contribution in [0.3, 0.4) is 0 Å². The van der Waals surface area contributed by atoms with Crippen molar-refractivity contribution >= 4 is 27.9 Å². The minimum atomic E-state index is -4.21. The molecule has 150 valence electrons. The highest BCUT2D eigenvalue weighted by Crippen LogP contribution is 2.59. The predicted molar refractivity (Wildman–Crippen MR) is 110 cm³/mol. The molecule has 28 heavy (non-hydrogen) atoms. The van der Waals surface area contributed by atoms with Crippen LogP contribution in [0, 0.1) is 0 Å². The largest absolute Gasteiger partial charge is 0.398 e. The van der Waals surface area contributed by atoms with Crippen LogP contribution in [0.1, 0.15) is 31.2 Å². The lowest BCUT2D eigenvalue weighted by Gasteiger charge is -2.48. The van der Waals surface area contributed by atoms with E-state index in [1.807, 2.05) is 18.2 Å². The van der Waals surface area contributed by atoms with E-state index >= 15 is 0 Å². The minimum absolute atomic E-state index is 0.160. The van der Waals surface area contributed by atoms with E-state index in [0.717, 1.165) is 41.4 Å².